The van der Waals surface area contributed by atoms with E-state index in [0.717, 1.165) is 29.9 Å². The Balaban J connectivity index is 0.00000450. The summed E-state index contributed by atoms with van der Waals surface area (Å²) in [5.41, 5.74) is 0.923. The molecule has 172 valence electrons. The smallest absolute Gasteiger partial charge is 0.213 e. The number of hydrogen-bond donors (Lipinski definition) is 3. The molecule has 1 aliphatic carbocycles. The van der Waals surface area contributed by atoms with Crippen LogP contribution in [0, 0.1) is 5.92 Å². The van der Waals surface area contributed by atoms with Gasteiger partial charge in [0.05, 0.1) is 32.6 Å². The van der Waals surface area contributed by atoms with Crippen LogP contribution in [0.1, 0.15) is 44.7 Å². The molecule has 3 N–H and O–H groups in total. The maximum Gasteiger partial charge on any atom is 0.213 e. The van der Waals surface area contributed by atoms with Gasteiger partial charge in [0.25, 0.3) is 0 Å². The molecule has 1 saturated carbocycles. The van der Waals surface area contributed by atoms with E-state index < -0.39 is 10.0 Å². The third-order valence-corrected chi connectivity index (χ3v) is 6.37. The number of ether oxygens (including phenoxy) is 2. The highest BCUT2D eigenvalue weighted by molar-refractivity contribution is 14.0. The Labute approximate surface area is 197 Å². The largest absolute Gasteiger partial charge is 0.497 e. The second kappa shape index (κ2) is 13.2. The van der Waals surface area contributed by atoms with Crippen molar-refractivity contribution in [2.45, 2.75) is 39.2 Å². The lowest BCUT2D eigenvalue weighted by molar-refractivity contribution is 0.316. The van der Waals surface area contributed by atoms with Crippen LogP contribution in [0.3, 0.4) is 0 Å². The number of nitrogens with zero attached hydrogens (tertiary/aromatic N) is 1. The van der Waals surface area contributed by atoms with Gasteiger partial charge >= 0.3 is 0 Å². The summed E-state index contributed by atoms with van der Waals surface area (Å²) in [6.45, 7) is 5.33. The van der Waals surface area contributed by atoms with Gasteiger partial charge in [0.1, 0.15) is 11.5 Å². The molecule has 0 amide bonds. The minimum Gasteiger partial charge on any atom is -0.497 e. The molecule has 0 aromatic heterocycles. The molecule has 0 heterocycles. The fourth-order valence-corrected chi connectivity index (χ4v) is 4.04. The Morgan fingerprint density at radius 2 is 2.00 bits per heavy atom. The maximum atomic E-state index is 12.2. The maximum absolute atomic E-state index is 12.2. The molecule has 0 saturated heterocycles. The third-order valence-electron chi connectivity index (χ3n) is 5.05. The molecular weight excluding hydrogens is 519 g/mol. The van der Waals surface area contributed by atoms with Gasteiger partial charge in [0.15, 0.2) is 5.96 Å². The first-order valence-electron chi connectivity index (χ1n) is 10.1. The predicted octanol–water partition coefficient (Wildman–Crippen LogP) is 2.66. The Kier molecular flexibility index (Phi) is 11.8. The second-order valence-electron chi connectivity index (χ2n) is 7.20. The Hall–Kier alpha value is -1.27. The first kappa shape index (κ1) is 26.8. The van der Waals surface area contributed by atoms with Crippen LogP contribution < -0.4 is 24.8 Å². The second-order valence-corrected chi connectivity index (χ2v) is 9.13. The molecule has 1 atom stereocenters. The van der Waals surface area contributed by atoms with E-state index in [-0.39, 0.29) is 42.3 Å². The molecule has 10 heteroatoms. The van der Waals surface area contributed by atoms with Crippen molar-refractivity contribution < 1.29 is 17.9 Å². The van der Waals surface area contributed by atoms with Gasteiger partial charge in [-0.25, -0.2) is 13.1 Å². The molecule has 1 fully saturated rings. The summed E-state index contributed by atoms with van der Waals surface area (Å²) < 4.78 is 37.8. The van der Waals surface area contributed by atoms with Crippen LogP contribution >= 0.6 is 24.0 Å². The van der Waals surface area contributed by atoms with E-state index in [1.807, 2.05) is 32.0 Å². The number of guanidine groups is 1. The molecule has 1 unspecified atom stereocenters. The van der Waals surface area contributed by atoms with E-state index in [2.05, 4.69) is 20.3 Å². The minimum absolute atomic E-state index is 0. The number of sulfonamides is 1. The summed E-state index contributed by atoms with van der Waals surface area (Å²) in [6.07, 6.45) is 3.42. The number of nitrogens with one attached hydrogen (secondary N) is 3. The van der Waals surface area contributed by atoms with Crippen molar-refractivity contribution >= 4 is 40.0 Å². The van der Waals surface area contributed by atoms with Crippen molar-refractivity contribution in [1.29, 1.82) is 0 Å². The summed E-state index contributed by atoms with van der Waals surface area (Å²) in [7, 11) is -0.0694. The van der Waals surface area contributed by atoms with Crippen LogP contribution in [-0.4, -0.2) is 54.0 Å². The Bertz CT molecular complexity index is 785. The lowest BCUT2D eigenvalue weighted by Gasteiger charge is -2.25. The third kappa shape index (κ3) is 8.46. The van der Waals surface area contributed by atoms with Crippen molar-refractivity contribution in [2.24, 2.45) is 10.9 Å². The molecule has 8 nitrogen and oxygen atoms in total. The van der Waals surface area contributed by atoms with Gasteiger partial charge in [-0.15, -0.1) is 24.0 Å². The van der Waals surface area contributed by atoms with Crippen molar-refractivity contribution in [3.8, 4) is 11.5 Å². The van der Waals surface area contributed by atoms with Gasteiger partial charge in [0.2, 0.25) is 10.0 Å². The van der Waals surface area contributed by atoms with E-state index in [0.29, 0.717) is 25.0 Å². The van der Waals surface area contributed by atoms with Crippen molar-refractivity contribution in [1.82, 2.24) is 15.4 Å². The van der Waals surface area contributed by atoms with Gasteiger partial charge in [-0.1, -0.05) is 6.42 Å². The minimum atomic E-state index is -3.31. The number of methoxy groups -OCH3 is 2. The molecule has 2 rings (SSSR count). The highest BCUT2D eigenvalue weighted by Gasteiger charge is 2.20. The lowest BCUT2D eigenvalue weighted by atomic mass is 9.86. The first-order valence-corrected chi connectivity index (χ1v) is 11.8. The Morgan fingerprint density at radius 1 is 1.27 bits per heavy atom. The summed E-state index contributed by atoms with van der Waals surface area (Å²) >= 11 is 0. The predicted molar refractivity (Wildman–Crippen MR) is 132 cm³/mol. The van der Waals surface area contributed by atoms with E-state index in [1.165, 1.54) is 6.42 Å². The SMILES string of the molecule is CCNC(=NCCS(=O)(=O)NCC1CCC1)NC(C)c1cc(OC)ccc1OC.I. The standard InChI is InChI=1S/C20H34N4O4S.HI/c1-5-21-20(22-11-12-29(25,26)23-14-16-7-6-8-16)24-15(2)18-13-17(27-3)9-10-19(18)28-4;/h9-10,13,15-16,23H,5-8,11-12,14H2,1-4H3,(H2,21,22,24);1H. The summed E-state index contributed by atoms with van der Waals surface area (Å²) in [6, 6.07) is 5.49. The fourth-order valence-electron chi connectivity index (χ4n) is 3.07. The van der Waals surface area contributed by atoms with Crippen LogP contribution in [0.4, 0.5) is 0 Å². The van der Waals surface area contributed by atoms with Crippen molar-refractivity contribution in [3.05, 3.63) is 23.8 Å². The van der Waals surface area contributed by atoms with Gasteiger partial charge < -0.3 is 20.1 Å². The monoisotopic (exact) mass is 554 g/mol. The number of aliphatic imine (C=N–C) groups is 1. The van der Waals surface area contributed by atoms with Crippen molar-refractivity contribution in [3.63, 3.8) is 0 Å². The van der Waals surface area contributed by atoms with E-state index in [1.54, 1.807) is 14.2 Å². The molecule has 1 aromatic carbocycles. The summed E-state index contributed by atoms with van der Waals surface area (Å²) in [5, 5.41) is 6.46. The van der Waals surface area contributed by atoms with E-state index >= 15 is 0 Å². The molecule has 1 aromatic rings. The van der Waals surface area contributed by atoms with Crippen LogP contribution in [-0.2, 0) is 10.0 Å². The quantitative estimate of drug-likeness (QED) is 0.221. The van der Waals surface area contributed by atoms with E-state index in [4.69, 9.17) is 9.47 Å². The van der Waals surface area contributed by atoms with Crippen molar-refractivity contribution in [2.75, 3.05) is 39.6 Å². The molecule has 0 bridgehead atoms. The number of halogens is 1. The molecule has 0 radical (unpaired) electrons. The number of benzene rings is 1. The van der Waals surface area contributed by atoms with Crippen LogP contribution in [0.2, 0.25) is 0 Å². The lowest BCUT2D eigenvalue weighted by Crippen LogP contribution is -2.39. The molecule has 1 aliphatic rings. The van der Waals surface area contributed by atoms with Crippen LogP contribution in [0.15, 0.2) is 23.2 Å². The summed E-state index contributed by atoms with van der Waals surface area (Å²) in [5.74, 6) is 2.49. The van der Waals surface area contributed by atoms with Crippen LogP contribution in [0.5, 0.6) is 11.5 Å². The highest BCUT2D eigenvalue weighted by atomic mass is 127. The summed E-state index contributed by atoms with van der Waals surface area (Å²) in [4.78, 5) is 4.43. The molecule has 30 heavy (non-hydrogen) atoms. The van der Waals surface area contributed by atoms with Gasteiger partial charge in [-0.2, -0.15) is 0 Å². The zero-order valence-electron chi connectivity index (χ0n) is 18.2. The molecular formula is C20H35IN4O4S. The molecule has 0 spiro atoms. The molecule has 0 aliphatic heterocycles. The topological polar surface area (TPSA) is 101 Å². The normalized spacial score (nSPS) is 15.5. The number of hydrogen-bond acceptors (Lipinski definition) is 5. The van der Waals surface area contributed by atoms with Gasteiger partial charge in [0, 0.05) is 18.7 Å². The first-order chi connectivity index (χ1) is 13.9. The van der Waals surface area contributed by atoms with Gasteiger partial charge in [-0.3, -0.25) is 4.99 Å². The number of rotatable bonds is 11. The van der Waals surface area contributed by atoms with E-state index in [9.17, 15) is 8.42 Å². The Morgan fingerprint density at radius 3 is 2.57 bits per heavy atom. The average Bonchev–Trinajstić information content (AvgIpc) is 2.66. The van der Waals surface area contributed by atoms with Crippen LogP contribution in [0.25, 0.3) is 0 Å². The average molecular weight is 554 g/mol. The fraction of sp³-hybridized carbons (Fsp3) is 0.650. The highest BCUT2D eigenvalue weighted by Crippen LogP contribution is 2.29. The zero-order valence-corrected chi connectivity index (χ0v) is 21.4. The van der Waals surface area contributed by atoms with Gasteiger partial charge in [-0.05, 0) is 50.8 Å². The zero-order chi connectivity index (χ0) is 21.3.